The second-order valence-corrected chi connectivity index (χ2v) is 5.23. The van der Waals surface area contributed by atoms with E-state index in [-0.39, 0.29) is 6.42 Å². The van der Waals surface area contributed by atoms with Gasteiger partial charge in [-0.15, -0.1) is 0 Å². The normalized spacial score (nSPS) is 23.5. The van der Waals surface area contributed by atoms with Crippen LogP contribution < -0.4 is 0 Å². The van der Waals surface area contributed by atoms with Crippen LogP contribution in [0.25, 0.3) is 0 Å². The van der Waals surface area contributed by atoms with Crippen LogP contribution >= 0.6 is 0 Å². The summed E-state index contributed by atoms with van der Waals surface area (Å²) in [5, 5.41) is 19.5. The van der Waals surface area contributed by atoms with Gasteiger partial charge in [0.25, 0.3) is 0 Å². The van der Waals surface area contributed by atoms with Crippen LogP contribution in [0.1, 0.15) is 16.7 Å². The molecule has 3 rings (SSSR count). The molecule has 0 heterocycles. The summed E-state index contributed by atoms with van der Waals surface area (Å²) in [7, 11) is 0. The maximum Gasteiger partial charge on any atom is 0.319 e. The number of fused-ring (bicyclic) bond motifs is 1. The van der Waals surface area contributed by atoms with E-state index < -0.39 is 23.3 Å². The van der Waals surface area contributed by atoms with Crippen molar-refractivity contribution in [3.8, 4) is 0 Å². The molecule has 0 fully saturated rings. The minimum atomic E-state index is -1.52. The molecule has 21 heavy (non-hydrogen) atoms. The van der Waals surface area contributed by atoms with Gasteiger partial charge in [0.1, 0.15) is 5.41 Å². The van der Waals surface area contributed by atoms with E-state index in [4.69, 9.17) is 0 Å². The van der Waals surface area contributed by atoms with E-state index in [0.717, 1.165) is 5.56 Å². The van der Waals surface area contributed by atoms with Crippen LogP contribution in [0.4, 0.5) is 0 Å². The van der Waals surface area contributed by atoms with Crippen molar-refractivity contribution >= 4 is 11.9 Å². The van der Waals surface area contributed by atoms with E-state index in [1.807, 2.05) is 0 Å². The van der Waals surface area contributed by atoms with Gasteiger partial charge in [0.2, 0.25) is 0 Å². The fourth-order valence-corrected chi connectivity index (χ4v) is 3.36. The second kappa shape index (κ2) is 4.74. The number of carboxylic acid groups (broad SMARTS) is 2. The highest BCUT2D eigenvalue weighted by Gasteiger charge is 2.57. The Labute approximate surface area is 121 Å². The molecular weight excluding hydrogens is 268 g/mol. The molecule has 106 valence electrons. The minimum Gasteiger partial charge on any atom is -0.481 e. The lowest BCUT2D eigenvalue weighted by Gasteiger charge is -2.30. The molecule has 2 aromatic carbocycles. The highest BCUT2D eigenvalue weighted by Crippen LogP contribution is 2.48. The van der Waals surface area contributed by atoms with Crippen molar-refractivity contribution in [3.05, 3.63) is 71.3 Å². The maximum atomic E-state index is 12.1. The monoisotopic (exact) mass is 282 g/mol. The van der Waals surface area contributed by atoms with Crippen LogP contribution in [0.15, 0.2) is 54.6 Å². The van der Waals surface area contributed by atoms with Gasteiger partial charge in [0.05, 0.1) is 5.92 Å². The predicted octanol–water partition coefficient (Wildman–Crippen LogP) is 2.31. The lowest BCUT2D eigenvalue weighted by molar-refractivity contribution is -0.153. The van der Waals surface area contributed by atoms with Gasteiger partial charge < -0.3 is 10.2 Å². The first-order valence-electron chi connectivity index (χ1n) is 6.68. The molecule has 0 bridgehead atoms. The summed E-state index contributed by atoms with van der Waals surface area (Å²) in [5.74, 6) is -3.21. The molecule has 0 spiro atoms. The van der Waals surface area contributed by atoms with Crippen molar-refractivity contribution in [2.24, 2.45) is 5.92 Å². The molecule has 0 aliphatic heterocycles. The van der Waals surface area contributed by atoms with Gasteiger partial charge in [-0.2, -0.15) is 0 Å². The summed E-state index contributed by atoms with van der Waals surface area (Å²) >= 11 is 0. The summed E-state index contributed by atoms with van der Waals surface area (Å²) in [4.78, 5) is 23.8. The Morgan fingerprint density at radius 1 is 0.952 bits per heavy atom. The Morgan fingerprint density at radius 2 is 1.57 bits per heavy atom. The fourth-order valence-electron chi connectivity index (χ4n) is 3.36. The van der Waals surface area contributed by atoms with Crippen LogP contribution in [-0.4, -0.2) is 22.2 Å². The quantitative estimate of drug-likeness (QED) is 0.906. The molecule has 4 heteroatoms. The van der Waals surface area contributed by atoms with Gasteiger partial charge in [-0.05, 0) is 23.1 Å². The largest absolute Gasteiger partial charge is 0.481 e. The first-order valence-corrected chi connectivity index (χ1v) is 6.68. The van der Waals surface area contributed by atoms with Crippen molar-refractivity contribution in [2.75, 3.05) is 0 Å². The molecule has 2 aromatic rings. The Balaban J connectivity index is 2.35. The predicted molar refractivity (Wildman–Crippen MR) is 76.1 cm³/mol. The number of aliphatic carboxylic acids is 2. The third-order valence-electron chi connectivity index (χ3n) is 4.25. The molecule has 0 radical (unpaired) electrons. The van der Waals surface area contributed by atoms with Crippen molar-refractivity contribution in [3.63, 3.8) is 0 Å². The number of carboxylic acids is 2. The number of rotatable bonds is 3. The molecule has 4 nitrogen and oxygen atoms in total. The number of hydrogen-bond acceptors (Lipinski definition) is 2. The number of carbonyl (C=O) groups is 2. The topological polar surface area (TPSA) is 74.6 Å². The average Bonchev–Trinajstić information content (AvgIpc) is 2.84. The third-order valence-corrected chi connectivity index (χ3v) is 4.25. The van der Waals surface area contributed by atoms with Gasteiger partial charge >= 0.3 is 11.9 Å². The van der Waals surface area contributed by atoms with Crippen LogP contribution in [0.3, 0.4) is 0 Å². The zero-order valence-electron chi connectivity index (χ0n) is 11.2. The van der Waals surface area contributed by atoms with E-state index in [0.29, 0.717) is 11.1 Å². The zero-order valence-corrected chi connectivity index (χ0v) is 11.2. The maximum absolute atomic E-state index is 12.1. The molecule has 0 saturated carbocycles. The van der Waals surface area contributed by atoms with E-state index >= 15 is 0 Å². The molecule has 2 unspecified atom stereocenters. The van der Waals surface area contributed by atoms with Crippen LogP contribution in [0, 0.1) is 5.92 Å². The standard InChI is InChI=1S/C17H14O4/c18-15(19)14-10-11-6-4-5-9-13(11)17(14,16(20)21)12-7-2-1-3-8-12/h1-9,14H,10H2,(H,18,19)(H,20,21). The van der Waals surface area contributed by atoms with Crippen molar-refractivity contribution in [1.82, 2.24) is 0 Å². The summed E-state index contributed by atoms with van der Waals surface area (Å²) in [5.41, 5.74) is 0.353. The molecular formula is C17H14O4. The highest BCUT2D eigenvalue weighted by atomic mass is 16.4. The molecule has 2 atom stereocenters. The minimum absolute atomic E-state index is 0.229. The summed E-state index contributed by atoms with van der Waals surface area (Å²) < 4.78 is 0. The van der Waals surface area contributed by atoms with Gasteiger partial charge in [-0.1, -0.05) is 54.6 Å². The van der Waals surface area contributed by atoms with Crippen LogP contribution in [0.2, 0.25) is 0 Å². The van der Waals surface area contributed by atoms with Crippen molar-refractivity contribution in [1.29, 1.82) is 0 Å². The third kappa shape index (κ3) is 1.76. The second-order valence-electron chi connectivity index (χ2n) is 5.23. The van der Waals surface area contributed by atoms with Gasteiger partial charge in [-0.25, -0.2) is 0 Å². The summed E-state index contributed by atoms with van der Waals surface area (Å²) in [6.45, 7) is 0. The Hall–Kier alpha value is -2.62. The van der Waals surface area contributed by atoms with Gasteiger partial charge in [0.15, 0.2) is 0 Å². The van der Waals surface area contributed by atoms with E-state index in [1.54, 1.807) is 54.6 Å². The fraction of sp³-hybridized carbons (Fsp3) is 0.176. The zero-order chi connectivity index (χ0) is 15.0. The first-order chi connectivity index (χ1) is 10.1. The van der Waals surface area contributed by atoms with Gasteiger partial charge in [0, 0.05) is 0 Å². The summed E-state index contributed by atoms with van der Waals surface area (Å²) in [6, 6.07) is 15.7. The lowest BCUT2D eigenvalue weighted by Crippen LogP contribution is -2.44. The van der Waals surface area contributed by atoms with Crippen molar-refractivity contribution in [2.45, 2.75) is 11.8 Å². The highest BCUT2D eigenvalue weighted by molar-refractivity contribution is 5.94. The Bertz CT molecular complexity index is 708. The molecule has 0 aromatic heterocycles. The molecule has 1 aliphatic carbocycles. The SMILES string of the molecule is O=C(O)C1Cc2ccccc2C1(C(=O)O)c1ccccc1. The number of hydrogen-bond donors (Lipinski definition) is 2. The Morgan fingerprint density at radius 3 is 2.19 bits per heavy atom. The lowest BCUT2D eigenvalue weighted by atomic mass is 9.69. The average molecular weight is 282 g/mol. The van der Waals surface area contributed by atoms with E-state index in [2.05, 4.69) is 0 Å². The first kappa shape index (κ1) is 13.4. The van der Waals surface area contributed by atoms with Gasteiger partial charge in [-0.3, -0.25) is 9.59 Å². The van der Waals surface area contributed by atoms with Crippen LogP contribution in [-0.2, 0) is 21.4 Å². The van der Waals surface area contributed by atoms with E-state index in [9.17, 15) is 19.8 Å². The smallest absolute Gasteiger partial charge is 0.319 e. The molecule has 0 amide bonds. The molecule has 2 N–H and O–H groups in total. The van der Waals surface area contributed by atoms with E-state index in [1.165, 1.54) is 0 Å². The summed E-state index contributed by atoms with van der Waals surface area (Å²) in [6.07, 6.45) is 0.229. The van der Waals surface area contributed by atoms with Crippen LogP contribution in [0.5, 0.6) is 0 Å². The molecule has 0 saturated heterocycles. The number of benzene rings is 2. The van der Waals surface area contributed by atoms with Crippen molar-refractivity contribution < 1.29 is 19.8 Å². The molecule has 1 aliphatic rings. The Kier molecular flexibility index (Phi) is 3.01.